The molecule has 0 fully saturated rings. The molecule has 0 aliphatic rings. The number of nitrogens with two attached hydrogens (primary N) is 1. The fourth-order valence-corrected chi connectivity index (χ4v) is 3.87. The second kappa shape index (κ2) is 11.1. The van der Waals surface area contributed by atoms with Gasteiger partial charge in [0.1, 0.15) is 11.5 Å². The van der Waals surface area contributed by atoms with Crippen molar-refractivity contribution >= 4 is 15.2 Å². The summed E-state index contributed by atoms with van der Waals surface area (Å²) in [6, 6.07) is 24.1. The summed E-state index contributed by atoms with van der Waals surface area (Å²) in [4.78, 5) is 2.31. The third kappa shape index (κ3) is 6.44. The lowest BCUT2D eigenvalue weighted by molar-refractivity contribution is 0.0859. The van der Waals surface area contributed by atoms with Gasteiger partial charge in [-0.1, -0.05) is 48.5 Å². The van der Waals surface area contributed by atoms with E-state index in [4.69, 9.17) is 15.0 Å². The van der Waals surface area contributed by atoms with E-state index in [0.717, 1.165) is 24.3 Å². The predicted molar refractivity (Wildman–Crippen MR) is 129 cm³/mol. The van der Waals surface area contributed by atoms with E-state index in [1.54, 1.807) is 19.2 Å². The fraction of sp³-hybridized carbons (Fsp3) is 0.280. The average Bonchev–Trinajstić information content (AvgIpc) is 2.79. The van der Waals surface area contributed by atoms with Crippen molar-refractivity contribution in [1.82, 2.24) is 4.90 Å². The fourth-order valence-electron chi connectivity index (χ4n) is 3.66. The Labute approximate surface area is 187 Å². The van der Waals surface area contributed by atoms with Gasteiger partial charge in [-0.3, -0.25) is 4.90 Å². The van der Waals surface area contributed by atoms with E-state index in [0.29, 0.717) is 18.0 Å². The van der Waals surface area contributed by atoms with Crippen LogP contribution in [0.4, 0.5) is 5.69 Å². The summed E-state index contributed by atoms with van der Waals surface area (Å²) in [5, 5.41) is 11.0. The normalized spacial score (nSPS) is 13.1. The highest BCUT2D eigenvalue weighted by Gasteiger charge is 2.20. The van der Waals surface area contributed by atoms with Crippen LogP contribution in [0.3, 0.4) is 0 Å². The summed E-state index contributed by atoms with van der Waals surface area (Å²) < 4.78 is 10.4. The van der Waals surface area contributed by atoms with Gasteiger partial charge < -0.3 is 20.1 Å². The van der Waals surface area contributed by atoms with Crippen molar-refractivity contribution in [3.63, 3.8) is 0 Å². The van der Waals surface area contributed by atoms with Crippen LogP contribution in [-0.2, 0) is 13.0 Å². The van der Waals surface area contributed by atoms with E-state index >= 15 is 0 Å². The van der Waals surface area contributed by atoms with E-state index < -0.39 is 6.10 Å². The first kappa shape index (κ1) is 23.1. The summed E-state index contributed by atoms with van der Waals surface area (Å²) in [7, 11) is 3.86. The molecule has 5 nitrogen and oxygen atoms in total. The van der Waals surface area contributed by atoms with Crippen LogP contribution in [0.1, 0.15) is 29.7 Å². The van der Waals surface area contributed by atoms with Crippen molar-refractivity contribution in [1.29, 1.82) is 0 Å². The van der Waals surface area contributed by atoms with Gasteiger partial charge in [-0.15, -0.1) is 0 Å². The summed E-state index contributed by atoms with van der Waals surface area (Å²) in [5.41, 5.74) is 9.76. The molecule has 3 rings (SSSR count). The van der Waals surface area contributed by atoms with E-state index in [1.807, 2.05) is 36.4 Å². The number of hydrogen-bond donors (Lipinski definition) is 2. The lowest BCUT2D eigenvalue weighted by atomic mass is 10.0. The molecule has 0 bridgehead atoms. The number of nitrogen functional groups attached to an aromatic ring is 1. The van der Waals surface area contributed by atoms with Crippen LogP contribution in [0.15, 0.2) is 72.8 Å². The van der Waals surface area contributed by atoms with Crippen molar-refractivity contribution < 1.29 is 14.4 Å². The summed E-state index contributed by atoms with van der Waals surface area (Å²) in [6.45, 7) is 3.43. The van der Waals surface area contributed by atoms with Crippen molar-refractivity contribution in [2.75, 3.05) is 19.4 Å². The summed E-state index contributed by atoms with van der Waals surface area (Å²) in [6.07, 6.45) is 0.203. The molecule has 0 radical (unpaired) electrons. The first-order chi connectivity index (χ1) is 15.0. The molecule has 3 N–H and O–H groups in total. The van der Waals surface area contributed by atoms with Crippen LogP contribution in [0.2, 0.25) is 0 Å². The van der Waals surface area contributed by atoms with Gasteiger partial charge in [0.05, 0.1) is 28.4 Å². The van der Waals surface area contributed by atoms with Crippen LogP contribution in [0.25, 0.3) is 0 Å². The molecule has 6 heteroatoms. The predicted octanol–water partition coefficient (Wildman–Crippen LogP) is 4.61. The maximum Gasteiger partial charge on any atom is 0.145 e. The zero-order valence-corrected chi connectivity index (χ0v) is 19.2. The Morgan fingerprint density at radius 2 is 1.71 bits per heavy atom. The van der Waals surface area contributed by atoms with Gasteiger partial charge in [-0.25, -0.2) is 0 Å². The molecular weight excluding hydrogens is 407 g/mol. The first-order valence-electron chi connectivity index (χ1n) is 10.3. The first-order valence-corrected chi connectivity index (χ1v) is 10.8. The third-order valence-electron chi connectivity index (χ3n) is 5.50. The number of methoxy groups -OCH3 is 1. The number of anilines is 1. The molecule has 3 aromatic rings. The molecule has 0 aliphatic carbocycles. The maximum absolute atomic E-state index is 11.0. The number of rotatable bonds is 10. The van der Waals surface area contributed by atoms with Gasteiger partial charge in [0.25, 0.3) is 0 Å². The number of ether oxygens (including phenoxy) is 1. The number of aliphatic hydroxyl groups excluding tert-OH is 1. The molecule has 3 atom stereocenters. The van der Waals surface area contributed by atoms with Gasteiger partial charge in [0.2, 0.25) is 0 Å². The topological polar surface area (TPSA) is 68.0 Å². The van der Waals surface area contributed by atoms with Crippen LogP contribution >= 0.6 is 9.47 Å². The van der Waals surface area contributed by atoms with Gasteiger partial charge in [-0.2, -0.15) is 0 Å². The smallest absolute Gasteiger partial charge is 0.145 e. The van der Waals surface area contributed by atoms with Crippen molar-refractivity contribution in [3.05, 3.63) is 89.5 Å². The van der Waals surface area contributed by atoms with Crippen molar-refractivity contribution in [2.24, 2.45) is 0 Å². The quantitative estimate of drug-likeness (QED) is 0.357. The number of hydrogen-bond acceptors (Lipinski definition) is 5. The number of aliphatic hydroxyl groups is 1. The zero-order chi connectivity index (χ0) is 22.2. The highest BCUT2D eigenvalue weighted by atomic mass is 31.0. The lowest BCUT2D eigenvalue weighted by Gasteiger charge is -2.31. The summed E-state index contributed by atoms with van der Waals surface area (Å²) in [5.74, 6) is 1.43. The van der Waals surface area contributed by atoms with E-state index in [-0.39, 0.29) is 6.04 Å². The molecule has 0 saturated heterocycles. The molecule has 3 aromatic carbocycles. The standard InChI is InChI=1S/C25H31N2O3P/c1-18(14-19-8-11-22(29-2)12-9-19)27(16-20-6-4-3-5-7-20)17-24(28)21-10-13-25(30-31)23(26)15-21/h3-13,15,18,24,28H,14,16-17,26,31H2,1-2H3/t18-,24+/m1/s1. The van der Waals surface area contributed by atoms with Crippen molar-refractivity contribution in [2.45, 2.75) is 32.0 Å². The molecule has 0 aromatic heterocycles. The Hall–Kier alpha value is -2.59. The molecule has 31 heavy (non-hydrogen) atoms. The number of benzene rings is 3. The van der Waals surface area contributed by atoms with Gasteiger partial charge >= 0.3 is 0 Å². The minimum atomic E-state index is -0.664. The second-order valence-corrected chi connectivity index (χ2v) is 7.98. The van der Waals surface area contributed by atoms with Crippen LogP contribution < -0.4 is 15.0 Å². The van der Waals surface area contributed by atoms with E-state index in [1.165, 1.54) is 11.1 Å². The molecule has 0 amide bonds. The van der Waals surface area contributed by atoms with E-state index in [2.05, 4.69) is 45.6 Å². The lowest BCUT2D eigenvalue weighted by Crippen LogP contribution is -2.37. The summed E-state index contributed by atoms with van der Waals surface area (Å²) >= 11 is 0. The minimum absolute atomic E-state index is 0.218. The second-order valence-electron chi connectivity index (χ2n) is 7.75. The molecule has 164 valence electrons. The Kier molecular flexibility index (Phi) is 8.30. The Morgan fingerprint density at radius 3 is 2.32 bits per heavy atom. The average molecular weight is 439 g/mol. The van der Waals surface area contributed by atoms with Crippen LogP contribution in [0, 0.1) is 0 Å². The van der Waals surface area contributed by atoms with Crippen molar-refractivity contribution in [3.8, 4) is 11.5 Å². The highest BCUT2D eigenvalue weighted by molar-refractivity contribution is 7.10. The monoisotopic (exact) mass is 438 g/mol. The zero-order valence-electron chi connectivity index (χ0n) is 18.1. The molecule has 0 heterocycles. The highest BCUT2D eigenvalue weighted by Crippen LogP contribution is 2.28. The molecule has 1 unspecified atom stereocenters. The van der Waals surface area contributed by atoms with Crippen LogP contribution in [-0.4, -0.2) is 29.7 Å². The minimum Gasteiger partial charge on any atom is -0.497 e. The van der Waals surface area contributed by atoms with E-state index in [9.17, 15) is 5.11 Å². The molecule has 0 spiro atoms. The maximum atomic E-state index is 11.0. The Balaban J connectivity index is 1.76. The van der Waals surface area contributed by atoms with Gasteiger partial charge in [-0.05, 0) is 54.3 Å². The molecule has 0 aliphatic heterocycles. The Morgan fingerprint density at radius 1 is 1.00 bits per heavy atom. The Bertz CT molecular complexity index is 951. The molecular formula is C25H31N2O3P. The number of nitrogens with zero attached hydrogens (tertiary/aromatic N) is 1. The van der Waals surface area contributed by atoms with Gasteiger partial charge in [0, 0.05) is 19.1 Å². The third-order valence-corrected chi connectivity index (χ3v) is 5.75. The van der Waals surface area contributed by atoms with Crippen LogP contribution in [0.5, 0.6) is 11.5 Å². The van der Waals surface area contributed by atoms with Gasteiger partial charge in [0.15, 0.2) is 0 Å². The largest absolute Gasteiger partial charge is 0.497 e. The molecule has 0 saturated carbocycles. The SMILES string of the molecule is COc1ccc(C[C@@H](C)N(Cc2ccccc2)C[C@H](O)c2ccc(OP)c(N)c2)cc1.